The van der Waals surface area contributed by atoms with E-state index >= 15 is 0 Å². The zero-order chi connectivity index (χ0) is 17.7. The molecule has 1 aliphatic carbocycles. The third-order valence-corrected chi connectivity index (χ3v) is 4.16. The molecular formula is C17H26O7. The molecule has 0 saturated carbocycles. The molecule has 0 bridgehead atoms. The van der Waals surface area contributed by atoms with E-state index in [4.69, 9.17) is 23.7 Å². The summed E-state index contributed by atoms with van der Waals surface area (Å²) in [7, 11) is 0. The predicted octanol–water partition coefficient (Wildman–Crippen LogP) is 1.80. The minimum absolute atomic E-state index is 0.0266. The van der Waals surface area contributed by atoms with Crippen molar-refractivity contribution in [2.75, 3.05) is 19.8 Å². The maximum Gasteiger partial charge on any atom is 0.303 e. The standard InChI is InChI=1S/C17H26O7/c1-5-20-15-8-13-14(23-11(4)19)7-12(9-22-10(3)18)16(13)17(24-15)21-6-2/h7,13-17H,5-6,8-9H2,1-4H3/t13-,14+,15?,16+,17?/m0/s1. The molecule has 2 rings (SSSR count). The Morgan fingerprint density at radius 3 is 2.46 bits per heavy atom. The van der Waals surface area contributed by atoms with E-state index in [0.29, 0.717) is 19.6 Å². The maximum atomic E-state index is 11.4. The molecule has 2 aliphatic rings. The van der Waals surface area contributed by atoms with Gasteiger partial charge in [-0.05, 0) is 25.5 Å². The van der Waals surface area contributed by atoms with Gasteiger partial charge >= 0.3 is 11.9 Å². The number of rotatable bonds is 7. The Bertz CT molecular complexity index is 487. The molecule has 7 heteroatoms. The van der Waals surface area contributed by atoms with E-state index in [1.807, 2.05) is 19.9 Å². The van der Waals surface area contributed by atoms with Gasteiger partial charge in [-0.25, -0.2) is 0 Å². The van der Waals surface area contributed by atoms with E-state index in [2.05, 4.69) is 0 Å². The Hall–Kier alpha value is -1.44. The van der Waals surface area contributed by atoms with Crippen molar-refractivity contribution in [3.8, 4) is 0 Å². The first-order valence-electron chi connectivity index (χ1n) is 8.36. The predicted molar refractivity (Wildman–Crippen MR) is 83.8 cm³/mol. The van der Waals surface area contributed by atoms with Gasteiger partial charge in [0.15, 0.2) is 12.6 Å². The third kappa shape index (κ3) is 4.55. The fraction of sp³-hybridized carbons (Fsp3) is 0.765. The lowest BCUT2D eigenvalue weighted by Crippen LogP contribution is -2.46. The van der Waals surface area contributed by atoms with Gasteiger partial charge in [0, 0.05) is 45.3 Å². The Labute approximate surface area is 142 Å². The highest BCUT2D eigenvalue weighted by molar-refractivity contribution is 5.67. The third-order valence-electron chi connectivity index (χ3n) is 4.16. The molecule has 1 aliphatic heterocycles. The fourth-order valence-corrected chi connectivity index (χ4v) is 3.34. The number of esters is 2. The Kier molecular flexibility index (Phi) is 6.77. The lowest BCUT2D eigenvalue weighted by atomic mass is 9.84. The summed E-state index contributed by atoms with van der Waals surface area (Å²) in [4.78, 5) is 22.6. The van der Waals surface area contributed by atoms with E-state index in [1.165, 1.54) is 13.8 Å². The van der Waals surface area contributed by atoms with Gasteiger partial charge in [0.2, 0.25) is 0 Å². The summed E-state index contributed by atoms with van der Waals surface area (Å²) in [6.45, 7) is 7.66. The minimum atomic E-state index is -0.521. The molecule has 136 valence electrons. The summed E-state index contributed by atoms with van der Waals surface area (Å²) in [6.07, 6.45) is 1.11. The molecule has 0 aromatic heterocycles. The van der Waals surface area contributed by atoms with Crippen LogP contribution in [0.15, 0.2) is 11.6 Å². The molecule has 1 fully saturated rings. The van der Waals surface area contributed by atoms with Crippen LogP contribution in [0.1, 0.15) is 34.1 Å². The van der Waals surface area contributed by atoms with Crippen molar-refractivity contribution in [1.29, 1.82) is 0 Å². The molecule has 0 aromatic carbocycles. The van der Waals surface area contributed by atoms with E-state index < -0.39 is 18.7 Å². The number of ether oxygens (including phenoxy) is 5. The van der Waals surface area contributed by atoms with Crippen LogP contribution >= 0.6 is 0 Å². The van der Waals surface area contributed by atoms with E-state index in [-0.39, 0.29) is 30.4 Å². The Balaban J connectivity index is 2.21. The van der Waals surface area contributed by atoms with Crippen LogP contribution in [0, 0.1) is 11.8 Å². The van der Waals surface area contributed by atoms with Crippen LogP contribution in [-0.2, 0) is 33.3 Å². The highest BCUT2D eigenvalue weighted by atomic mass is 16.8. The average molecular weight is 342 g/mol. The second-order valence-corrected chi connectivity index (χ2v) is 5.87. The van der Waals surface area contributed by atoms with Gasteiger partial charge < -0.3 is 23.7 Å². The second kappa shape index (κ2) is 8.60. The lowest BCUT2D eigenvalue weighted by Gasteiger charge is -2.40. The molecule has 0 amide bonds. The van der Waals surface area contributed by atoms with Crippen LogP contribution < -0.4 is 0 Å². The summed E-state index contributed by atoms with van der Waals surface area (Å²) < 4.78 is 27.8. The van der Waals surface area contributed by atoms with Crippen molar-refractivity contribution in [3.05, 3.63) is 11.6 Å². The van der Waals surface area contributed by atoms with Crippen molar-refractivity contribution < 1.29 is 33.3 Å². The van der Waals surface area contributed by atoms with Gasteiger partial charge in [-0.3, -0.25) is 9.59 Å². The SMILES string of the molecule is CCOC1C[C@H]2[C@H](OC(C)=O)C=C(COC(C)=O)[C@H]2C(OCC)O1. The average Bonchev–Trinajstić information content (AvgIpc) is 2.83. The zero-order valence-electron chi connectivity index (χ0n) is 14.7. The summed E-state index contributed by atoms with van der Waals surface area (Å²) >= 11 is 0. The number of hydrogen-bond acceptors (Lipinski definition) is 7. The van der Waals surface area contributed by atoms with Crippen molar-refractivity contribution >= 4 is 11.9 Å². The first kappa shape index (κ1) is 18.9. The van der Waals surface area contributed by atoms with Crippen LogP contribution in [0.3, 0.4) is 0 Å². The van der Waals surface area contributed by atoms with Gasteiger partial charge in [-0.2, -0.15) is 0 Å². The van der Waals surface area contributed by atoms with Crippen LogP contribution in [0.4, 0.5) is 0 Å². The quantitative estimate of drug-likeness (QED) is 0.515. The second-order valence-electron chi connectivity index (χ2n) is 5.87. The fourth-order valence-electron chi connectivity index (χ4n) is 3.34. The topological polar surface area (TPSA) is 80.3 Å². The molecule has 2 unspecified atom stereocenters. The van der Waals surface area contributed by atoms with Crippen molar-refractivity contribution in [3.63, 3.8) is 0 Å². The van der Waals surface area contributed by atoms with Gasteiger partial charge in [0.1, 0.15) is 12.7 Å². The molecule has 5 atom stereocenters. The molecule has 1 saturated heterocycles. The number of carbonyl (C=O) groups is 2. The van der Waals surface area contributed by atoms with Crippen molar-refractivity contribution in [1.82, 2.24) is 0 Å². The summed E-state index contributed by atoms with van der Waals surface area (Å²) in [5.74, 6) is -0.872. The largest absolute Gasteiger partial charge is 0.461 e. The van der Waals surface area contributed by atoms with E-state index in [0.717, 1.165) is 5.57 Å². The zero-order valence-corrected chi connectivity index (χ0v) is 14.7. The molecule has 0 N–H and O–H groups in total. The van der Waals surface area contributed by atoms with Crippen LogP contribution in [0.5, 0.6) is 0 Å². The van der Waals surface area contributed by atoms with E-state index in [9.17, 15) is 9.59 Å². The minimum Gasteiger partial charge on any atom is -0.461 e. The highest BCUT2D eigenvalue weighted by Crippen LogP contribution is 2.44. The summed E-state index contributed by atoms with van der Waals surface area (Å²) in [6, 6.07) is 0. The van der Waals surface area contributed by atoms with Gasteiger partial charge in [-0.1, -0.05) is 0 Å². The summed E-state index contributed by atoms with van der Waals surface area (Å²) in [5, 5.41) is 0. The number of fused-ring (bicyclic) bond motifs is 1. The first-order valence-corrected chi connectivity index (χ1v) is 8.36. The molecule has 0 spiro atoms. The van der Waals surface area contributed by atoms with Crippen molar-refractivity contribution in [2.24, 2.45) is 11.8 Å². The van der Waals surface area contributed by atoms with Gasteiger partial charge in [0.25, 0.3) is 0 Å². The maximum absolute atomic E-state index is 11.4. The van der Waals surface area contributed by atoms with Crippen LogP contribution in [-0.4, -0.2) is 50.4 Å². The van der Waals surface area contributed by atoms with Crippen LogP contribution in [0.25, 0.3) is 0 Å². The van der Waals surface area contributed by atoms with Crippen LogP contribution in [0.2, 0.25) is 0 Å². The molecular weight excluding hydrogens is 316 g/mol. The molecule has 0 aromatic rings. The Morgan fingerprint density at radius 1 is 1.17 bits per heavy atom. The van der Waals surface area contributed by atoms with E-state index in [1.54, 1.807) is 0 Å². The highest BCUT2D eigenvalue weighted by Gasteiger charge is 2.49. The molecule has 0 radical (unpaired) electrons. The molecule has 7 nitrogen and oxygen atoms in total. The van der Waals surface area contributed by atoms with Gasteiger partial charge in [-0.15, -0.1) is 0 Å². The van der Waals surface area contributed by atoms with Crippen molar-refractivity contribution in [2.45, 2.75) is 52.8 Å². The molecule has 24 heavy (non-hydrogen) atoms. The van der Waals surface area contributed by atoms with Gasteiger partial charge in [0.05, 0.1) is 0 Å². The Morgan fingerprint density at radius 2 is 1.88 bits per heavy atom. The normalized spacial score (nSPS) is 32.0. The number of carbonyl (C=O) groups excluding carboxylic acids is 2. The lowest BCUT2D eigenvalue weighted by molar-refractivity contribution is -0.294. The first-order chi connectivity index (χ1) is 11.5. The number of hydrogen-bond donors (Lipinski definition) is 0. The summed E-state index contributed by atoms with van der Waals surface area (Å²) in [5.41, 5.74) is 0.856. The molecule has 1 heterocycles. The monoisotopic (exact) mass is 342 g/mol. The smallest absolute Gasteiger partial charge is 0.303 e.